The second-order valence-electron chi connectivity index (χ2n) is 5.78. The lowest BCUT2D eigenvalue weighted by molar-refractivity contribution is 0.387. The smallest absolute Gasteiger partial charge is 0.125 e. The molecule has 0 saturated carbocycles. The van der Waals surface area contributed by atoms with E-state index in [0.29, 0.717) is 12.0 Å². The van der Waals surface area contributed by atoms with E-state index in [-0.39, 0.29) is 5.82 Å². The molecule has 3 heteroatoms. The quantitative estimate of drug-likeness (QED) is 0.881. The highest BCUT2D eigenvalue weighted by molar-refractivity contribution is 5.53. The maximum absolute atomic E-state index is 13.5. The zero-order chi connectivity index (χ0) is 13.8. The third-order valence-corrected chi connectivity index (χ3v) is 4.04. The molecule has 2 rings (SSSR count). The van der Waals surface area contributed by atoms with Crippen molar-refractivity contribution < 1.29 is 4.39 Å². The third-order valence-electron chi connectivity index (χ3n) is 4.04. The first-order valence-corrected chi connectivity index (χ1v) is 7.34. The van der Waals surface area contributed by atoms with Crippen LogP contribution in [0.5, 0.6) is 0 Å². The van der Waals surface area contributed by atoms with Crippen LogP contribution < -0.4 is 10.2 Å². The van der Waals surface area contributed by atoms with E-state index in [9.17, 15) is 4.39 Å². The number of benzene rings is 1. The van der Waals surface area contributed by atoms with Crippen molar-refractivity contribution >= 4 is 5.69 Å². The van der Waals surface area contributed by atoms with Crippen LogP contribution in [0.15, 0.2) is 18.2 Å². The summed E-state index contributed by atoms with van der Waals surface area (Å²) in [7, 11) is 0. The molecule has 2 atom stereocenters. The van der Waals surface area contributed by atoms with E-state index in [1.807, 2.05) is 6.07 Å². The van der Waals surface area contributed by atoms with Gasteiger partial charge in [-0.3, -0.25) is 0 Å². The summed E-state index contributed by atoms with van der Waals surface area (Å²) in [6.07, 6.45) is 2.28. The Labute approximate surface area is 116 Å². The minimum Gasteiger partial charge on any atom is -0.371 e. The number of hydrogen-bond donors (Lipinski definition) is 1. The molecule has 1 aliphatic rings. The van der Waals surface area contributed by atoms with Gasteiger partial charge < -0.3 is 10.2 Å². The average Bonchev–Trinajstić information content (AvgIpc) is 2.37. The second-order valence-corrected chi connectivity index (χ2v) is 5.78. The van der Waals surface area contributed by atoms with Crippen LogP contribution in [-0.4, -0.2) is 25.7 Å². The van der Waals surface area contributed by atoms with Crippen LogP contribution in [0.2, 0.25) is 0 Å². The van der Waals surface area contributed by atoms with Crippen LogP contribution in [0, 0.1) is 18.7 Å². The molecule has 1 fully saturated rings. The monoisotopic (exact) mass is 264 g/mol. The minimum atomic E-state index is -0.138. The number of nitrogens with one attached hydrogen (secondary N) is 1. The van der Waals surface area contributed by atoms with Gasteiger partial charge in [0.05, 0.1) is 0 Å². The molecule has 106 valence electrons. The number of nitrogens with zero attached hydrogens (tertiary/aromatic N) is 1. The molecule has 1 N–H and O–H groups in total. The van der Waals surface area contributed by atoms with Crippen molar-refractivity contribution in [2.45, 2.75) is 39.7 Å². The third kappa shape index (κ3) is 3.69. The molecule has 0 bridgehead atoms. The van der Waals surface area contributed by atoms with E-state index in [4.69, 9.17) is 0 Å². The average molecular weight is 264 g/mol. The fourth-order valence-electron chi connectivity index (χ4n) is 2.80. The van der Waals surface area contributed by atoms with Gasteiger partial charge in [0.15, 0.2) is 0 Å². The molecule has 2 unspecified atom stereocenters. The summed E-state index contributed by atoms with van der Waals surface area (Å²) in [4.78, 5) is 2.35. The molecule has 19 heavy (non-hydrogen) atoms. The van der Waals surface area contributed by atoms with Crippen LogP contribution in [-0.2, 0) is 0 Å². The van der Waals surface area contributed by atoms with Crippen molar-refractivity contribution in [2.24, 2.45) is 5.92 Å². The van der Waals surface area contributed by atoms with Crippen molar-refractivity contribution in [1.29, 1.82) is 0 Å². The molecule has 2 nitrogen and oxygen atoms in total. The Bertz CT molecular complexity index is 419. The summed E-state index contributed by atoms with van der Waals surface area (Å²) in [5.74, 6) is 0.442. The van der Waals surface area contributed by atoms with E-state index in [1.54, 1.807) is 12.1 Å². The molecule has 0 spiro atoms. The normalized spacial score (nSPS) is 24.9. The largest absolute Gasteiger partial charge is 0.371 e. The van der Waals surface area contributed by atoms with Crippen molar-refractivity contribution in [2.75, 3.05) is 24.5 Å². The molecule has 0 aromatic heterocycles. The molecule has 0 radical (unpaired) electrons. The summed E-state index contributed by atoms with van der Waals surface area (Å²) in [6.45, 7) is 9.58. The Hall–Kier alpha value is -1.09. The van der Waals surface area contributed by atoms with E-state index in [0.717, 1.165) is 43.7 Å². The first kappa shape index (κ1) is 14.3. The van der Waals surface area contributed by atoms with Crippen LogP contribution in [0.4, 0.5) is 10.1 Å². The molecule has 1 saturated heterocycles. The van der Waals surface area contributed by atoms with E-state index in [1.165, 1.54) is 0 Å². The summed E-state index contributed by atoms with van der Waals surface area (Å²) in [5, 5.41) is 3.62. The standard InChI is InChI=1S/C16H25FN2/c1-4-15-7-8-19(11-12(2)10-18-15)16-9-14(17)6-5-13(16)3/h5-6,9,12,15,18H,4,7-8,10-11H2,1-3H3. The molecule has 1 aromatic carbocycles. The first-order chi connectivity index (χ1) is 9.10. The van der Waals surface area contributed by atoms with Crippen LogP contribution in [0.25, 0.3) is 0 Å². The Morgan fingerprint density at radius 3 is 2.95 bits per heavy atom. The Balaban J connectivity index is 2.18. The van der Waals surface area contributed by atoms with Gasteiger partial charge in [0, 0.05) is 24.8 Å². The van der Waals surface area contributed by atoms with Gasteiger partial charge in [-0.15, -0.1) is 0 Å². The molecule has 0 amide bonds. The van der Waals surface area contributed by atoms with Gasteiger partial charge >= 0.3 is 0 Å². The lowest BCUT2D eigenvalue weighted by Crippen LogP contribution is -2.43. The van der Waals surface area contributed by atoms with Gasteiger partial charge in [0.2, 0.25) is 0 Å². The highest BCUT2D eigenvalue weighted by atomic mass is 19.1. The Morgan fingerprint density at radius 2 is 2.21 bits per heavy atom. The van der Waals surface area contributed by atoms with Crippen molar-refractivity contribution in [3.63, 3.8) is 0 Å². The van der Waals surface area contributed by atoms with E-state index in [2.05, 4.69) is 31.0 Å². The number of anilines is 1. The topological polar surface area (TPSA) is 15.3 Å². The fourth-order valence-corrected chi connectivity index (χ4v) is 2.80. The van der Waals surface area contributed by atoms with Gasteiger partial charge in [-0.05, 0) is 49.9 Å². The summed E-state index contributed by atoms with van der Waals surface area (Å²) in [5.41, 5.74) is 2.22. The van der Waals surface area contributed by atoms with E-state index >= 15 is 0 Å². The predicted molar refractivity (Wildman–Crippen MR) is 79.2 cm³/mol. The summed E-state index contributed by atoms with van der Waals surface area (Å²) in [6, 6.07) is 5.68. The first-order valence-electron chi connectivity index (χ1n) is 7.34. The number of hydrogen-bond acceptors (Lipinski definition) is 2. The van der Waals surface area contributed by atoms with Gasteiger partial charge in [-0.2, -0.15) is 0 Å². The molecule has 1 aromatic rings. The highest BCUT2D eigenvalue weighted by Crippen LogP contribution is 2.23. The highest BCUT2D eigenvalue weighted by Gasteiger charge is 2.19. The maximum atomic E-state index is 13.5. The number of rotatable bonds is 2. The number of aryl methyl sites for hydroxylation is 1. The predicted octanol–water partition coefficient (Wildman–Crippen LogP) is 3.35. The second kappa shape index (κ2) is 6.38. The number of halogens is 1. The van der Waals surface area contributed by atoms with Crippen molar-refractivity contribution in [3.8, 4) is 0 Å². The van der Waals surface area contributed by atoms with Crippen LogP contribution in [0.1, 0.15) is 32.3 Å². The zero-order valence-corrected chi connectivity index (χ0v) is 12.2. The van der Waals surface area contributed by atoms with Gasteiger partial charge in [0.1, 0.15) is 5.82 Å². The molecular formula is C16H25FN2. The molecule has 1 heterocycles. The summed E-state index contributed by atoms with van der Waals surface area (Å²) >= 11 is 0. The summed E-state index contributed by atoms with van der Waals surface area (Å²) < 4.78 is 13.5. The van der Waals surface area contributed by atoms with Crippen molar-refractivity contribution in [1.82, 2.24) is 5.32 Å². The van der Waals surface area contributed by atoms with Crippen LogP contribution in [0.3, 0.4) is 0 Å². The van der Waals surface area contributed by atoms with Crippen molar-refractivity contribution in [3.05, 3.63) is 29.6 Å². The van der Waals surface area contributed by atoms with Gasteiger partial charge in [0.25, 0.3) is 0 Å². The lowest BCUT2D eigenvalue weighted by Gasteiger charge is -2.34. The molecule has 0 aliphatic carbocycles. The minimum absolute atomic E-state index is 0.138. The van der Waals surface area contributed by atoms with Gasteiger partial charge in [-0.1, -0.05) is 19.9 Å². The van der Waals surface area contributed by atoms with Crippen LogP contribution >= 0.6 is 0 Å². The molecular weight excluding hydrogens is 239 g/mol. The maximum Gasteiger partial charge on any atom is 0.125 e. The SMILES string of the molecule is CCC1CCN(c2cc(F)ccc2C)CC(C)CN1. The lowest BCUT2D eigenvalue weighted by atomic mass is 10.0. The van der Waals surface area contributed by atoms with E-state index < -0.39 is 0 Å². The zero-order valence-electron chi connectivity index (χ0n) is 12.2. The Morgan fingerprint density at radius 1 is 1.42 bits per heavy atom. The Kier molecular flexibility index (Phi) is 4.81. The fraction of sp³-hybridized carbons (Fsp3) is 0.625. The van der Waals surface area contributed by atoms with Gasteiger partial charge in [-0.25, -0.2) is 4.39 Å². The molecule has 1 aliphatic heterocycles.